The Kier molecular flexibility index (Phi) is 7.73. The summed E-state index contributed by atoms with van der Waals surface area (Å²) in [4.78, 5) is 20.4. The maximum Gasteiger partial charge on any atom is 0.329 e. The second-order valence-electron chi connectivity index (χ2n) is 10.4. The Bertz CT molecular complexity index is 1320. The van der Waals surface area contributed by atoms with Crippen molar-refractivity contribution in [3.8, 4) is 0 Å². The fourth-order valence-corrected chi connectivity index (χ4v) is 6.03. The van der Waals surface area contributed by atoms with Crippen molar-refractivity contribution in [2.45, 2.75) is 68.8 Å². The zero-order valence-corrected chi connectivity index (χ0v) is 21.8. The number of rotatable bonds is 8. The summed E-state index contributed by atoms with van der Waals surface area (Å²) in [5, 5.41) is 0. The molecule has 2 aliphatic rings. The molecule has 0 radical (unpaired) electrons. The minimum absolute atomic E-state index is 0.117. The molecule has 2 fully saturated rings. The summed E-state index contributed by atoms with van der Waals surface area (Å²) in [6.45, 7) is -1.84. The first-order valence-corrected chi connectivity index (χ1v) is 14.4. The second-order valence-corrected chi connectivity index (χ2v) is 12.9. The maximum absolute atomic E-state index is 15.8. The molecule has 39 heavy (non-hydrogen) atoms. The van der Waals surface area contributed by atoms with Crippen LogP contribution >= 0.6 is 0 Å². The van der Waals surface area contributed by atoms with E-state index in [1.807, 2.05) is 0 Å². The Balaban J connectivity index is 1.66. The smallest absolute Gasteiger partial charge is 0.329 e. The highest BCUT2D eigenvalue weighted by atomic mass is 32.2. The molecule has 1 amide bonds. The van der Waals surface area contributed by atoms with Crippen molar-refractivity contribution in [1.82, 2.24) is 14.9 Å². The van der Waals surface area contributed by atoms with Crippen LogP contribution in [0.5, 0.6) is 0 Å². The number of nitrogens with two attached hydrogens (primary N) is 1. The number of H-pyrrole nitrogens is 1. The van der Waals surface area contributed by atoms with E-state index in [0.29, 0.717) is 0 Å². The normalized spacial score (nSPS) is 22.7. The molecular formula is C24H29F7N4O3S. The van der Waals surface area contributed by atoms with Gasteiger partial charge in [-0.25, -0.2) is 26.6 Å². The molecule has 218 valence electrons. The summed E-state index contributed by atoms with van der Waals surface area (Å²) >= 11 is 0. The molecule has 3 N–H and O–H groups in total. The predicted molar refractivity (Wildman–Crippen MR) is 128 cm³/mol. The largest absolute Gasteiger partial charge is 0.341 e. The van der Waals surface area contributed by atoms with E-state index in [-0.39, 0.29) is 64.7 Å². The molecule has 0 spiro atoms. The summed E-state index contributed by atoms with van der Waals surface area (Å²) in [5.41, 5.74) is 5.71. The second kappa shape index (κ2) is 10.2. The molecule has 1 aliphatic carbocycles. The number of halogens is 7. The van der Waals surface area contributed by atoms with E-state index in [9.17, 15) is 39.6 Å². The molecule has 2 aromatic rings. The highest BCUT2D eigenvalue weighted by Gasteiger charge is 2.64. The van der Waals surface area contributed by atoms with Gasteiger partial charge < -0.3 is 15.6 Å². The molecule has 1 aromatic carbocycles. The summed E-state index contributed by atoms with van der Waals surface area (Å²) in [6, 6.07) is 1.64. The van der Waals surface area contributed by atoms with Crippen molar-refractivity contribution in [2.75, 3.05) is 24.6 Å². The van der Waals surface area contributed by atoms with Gasteiger partial charge in [-0.1, -0.05) is 13.0 Å². The third-order valence-corrected chi connectivity index (χ3v) is 9.42. The number of carbonyl (C=O) groups excluding carboxylic acids is 1. The molecule has 4 rings (SSSR count). The Morgan fingerprint density at radius 2 is 1.72 bits per heavy atom. The first-order chi connectivity index (χ1) is 18.0. The van der Waals surface area contributed by atoms with Crippen molar-refractivity contribution < 1.29 is 43.9 Å². The SMILES string of the molecule is CCS(=O)(=O)CCC(C(=O)N1CC(F)(F)C(F)(F)C1)c1ccc2[nH]c(C(N)C3CCC(F)(F)CC3)nc2c1F. The molecule has 15 heteroatoms. The molecule has 7 nitrogen and oxygen atoms in total. The van der Waals surface area contributed by atoms with E-state index in [2.05, 4.69) is 9.97 Å². The van der Waals surface area contributed by atoms with Crippen molar-refractivity contribution in [1.29, 1.82) is 0 Å². The molecule has 2 unspecified atom stereocenters. The number of amides is 1. The number of aromatic amines is 1. The highest BCUT2D eigenvalue weighted by Crippen LogP contribution is 2.43. The summed E-state index contributed by atoms with van der Waals surface area (Å²) in [7, 11) is -3.69. The maximum atomic E-state index is 15.8. The third-order valence-electron chi connectivity index (χ3n) is 7.68. The molecule has 2 atom stereocenters. The minimum Gasteiger partial charge on any atom is -0.341 e. The standard InChI is InChI=1S/C24H29F7N4O3S/c1-2-39(37,38)10-7-15(21(36)35-11-23(28,29)24(30,31)12-35)14-3-4-16-19(17(14)25)34-20(33-16)18(32)13-5-8-22(26,27)9-6-13/h3-4,13,15,18H,2,5-12,32H2,1H3,(H,33,34). The van der Waals surface area contributed by atoms with Crippen molar-refractivity contribution in [3.05, 3.63) is 29.3 Å². The van der Waals surface area contributed by atoms with E-state index in [1.165, 1.54) is 13.0 Å². The van der Waals surface area contributed by atoms with Crippen LogP contribution in [0.25, 0.3) is 11.0 Å². The first kappa shape index (κ1) is 29.6. The number of aromatic nitrogens is 2. The first-order valence-electron chi connectivity index (χ1n) is 12.5. The van der Waals surface area contributed by atoms with Gasteiger partial charge in [-0.15, -0.1) is 0 Å². The Morgan fingerprint density at radius 1 is 1.13 bits per heavy atom. The lowest BCUT2D eigenvalue weighted by atomic mass is 9.82. The number of sulfone groups is 1. The van der Waals surface area contributed by atoms with Crippen LogP contribution in [0, 0.1) is 11.7 Å². The van der Waals surface area contributed by atoms with Gasteiger partial charge in [-0.05, 0) is 31.2 Å². The van der Waals surface area contributed by atoms with Gasteiger partial charge in [0.25, 0.3) is 0 Å². The van der Waals surface area contributed by atoms with Crippen LogP contribution in [0.4, 0.5) is 30.7 Å². The predicted octanol–water partition coefficient (Wildman–Crippen LogP) is 4.55. The van der Waals surface area contributed by atoms with Crippen LogP contribution in [-0.4, -0.2) is 71.6 Å². The van der Waals surface area contributed by atoms with Crippen molar-refractivity contribution >= 4 is 26.8 Å². The lowest BCUT2D eigenvalue weighted by Gasteiger charge is -2.31. The number of fused-ring (bicyclic) bond motifs is 1. The van der Waals surface area contributed by atoms with E-state index in [0.717, 1.165) is 6.07 Å². The van der Waals surface area contributed by atoms with Crippen LogP contribution in [0.3, 0.4) is 0 Å². The van der Waals surface area contributed by atoms with Gasteiger partial charge in [0.2, 0.25) is 11.8 Å². The topological polar surface area (TPSA) is 109 Å². The average Bonchev–Trinajstić information content (AvgIpc) is 3.38. The highest BCUT2D eigenvalue weighted by molar-refractivity contribution is 7.91. The van der Waals surface area contributed by atoms with Gasteiger partial charge in [0.1, 0.15) is 21.2 Å². The van der Waals surface area contributed by atoms with E-state index in [1.54, 1.807) is 0 Å². The number of alkyl halides is 6. The molecule has 2 heterocycles. The van der Waals surface area contributed by atoms with Crippen molar-refractivity contribution in [2.24, 2.45) is 11.7 Å². The van der Waals surface area contributed by atoms with E-state index >= 15 is 4.39 Å². The van der Waals surface area contributed by atoms with E-state index in [4.69, 9.17) is 5.73 Å². The minimum atomic E-state index is -4.50. The van der Waals surface area contributed by atoms with Gasteiger partial charge >= 0.3 is 11.8 Å². The number of hydrogen-bond acceptors (Lipinski definition) is 5. The third kappa shape index (κ3) is 5.88. The lowest BCUT2D eigenvalue weighted by Crippen LogP contribution is -2.38. The van der Waals surface area contributed by atoms with Crippen LogP contribution in [0.1, 0.15) is 62.4 Å². The molecule has 1 aromatic heterocycles. The van der Waals surface area contributed by atoms with Gasteiger partial charge in [0.05, 0.1) is 36.3 Å². The number of nitrogens with zero attached hydrogens (tertiary/aromatic N) is 2. The van der Waals surface area contributed by atoms with Gasteiger partial charge in [-0.3, -0.25) is 4.79 Å². The molecule has 1 saturated heterocycles. The summed E-state index contributed by atoms with van der Waals surface area (Å²) in [6.07, 6.45) is -0.955. The molecular weight excluding hydrogens is 557 g/mol. The zero-order chi connectivity index (χ0) is 29.0. The Labute approximate surface area is 220 Å². The average molecular weight is 587 g/mol. The molecule has 1 aliphatic heterocycles. The van der Waals surface area contributed by atoms with Crippen molar-refractivity contribution in [3.63, 3.8) is 0 Å². The van der Waals surface area contributed by atoms with Gasteiger partial charge in [-0.2, -0.15) is 17.6 Å². The number of imidazole rings is 1. The molecule has 0 bridgehead atoms. The van der Waals surface area contributed by atoms with Crippen LogP contribution in [0.2, 0.25) is 0 Å². The van der Waals surface area contributed by atoms with Gasteiger partial charge in [0.15, 0.2) is 5.82 Å². The molecule has 1 saturated carbocycles. The number of benzene rings is 1. The number of hydrogen-bond donors (Lipinski definition) is 2. The van der Waals surface area contributed by atoms with Crippen LogP contribution in [0.15, 0.2) is 12.1 Å². The van der Waals surface area contributed by atoms with Crippen LogP contribution < -0.4 is 5.73 Å². The number of carbonyl (C=O) groups is 1. The number of likely N-dealkylation sites (tertiary alicyclic amines) is 1. The van der Waals surface area contributed by atoms with E-state index < -0.39 is 76.6 Å². The number of nitrogens with one attached hydrogen (secondary N) is 1. The van der Waals surface area contributed by atoms with Gasteiger partial charge in [0, 0.05) is 24.2 Å². The fourth-order valence-electron chi connectivity index (χ4n) is 5.15. The Morgan fingerprint density at radius 3 is 2.28 bits per heavy atom. The Hall–Kier alpha value is -2.42. The lowest BCUT2D eigenvalue weighted by molar-refractivity contribution is -0.172. The monoisotopic (exact) mass is 586 g/mol. The summed E-state index contributed by atoms with van der Waals surface area (Å²) in [5.74, 6) is -16.9. The van der Waals surface area contributed by atoms with Crippen LogP contribution in [-0.2, 0) is 14.6 Å². The fraction of sp³-hybridized carbons (Fsp3) is 0.667. The zero-order valence-electron chi connectivity index (χ0n) is 21.0. The quantitative estimate of drug-likeness (QED) is 0.442. The summed E-state index contributed by atoms with van der Waals surface area (Å²) < 4.78 is 122.